The van der Waals surface area contributed by atoms with Gasteiger partial charge in [-0.05, 0) is 31.5 Å². The summed E-state index contributed by atoms with van der Waals surface area (Å²) in [5.41, 5.74) is 1.76. The number of rotatable bonds is 8. The Morgan fingerprint density at radius 1 is 1.13 bits per heavy atom. The molecule has 0 saturated carbocycles. The molecule has 0 aliphatic carbocycles. The van der Waals surface area contributed by atoms with Crippen LogP contribution in [0.25, 0.3) is 0 Å². The van der Waals surface area contributed by atoms with Gasteiger partial charge in [0.1, 0.15) is 11.5 Å². The molecule has 1 unspecified atom stereocenters. The first-order valence-corrected chi connectivity index (χ1v) is 10.5. The molecule has 0 spiro atoms. The minimum Gasteiger partial charge on any atom is -0.497 e. The number of hydrogen-bond acceptors (Lipinski definition) is 7. The lowest BCUT2D eigenvalue weighted by molar-refractivity contribution is -0.139. The number of hydrogen-bond donors (Lipinski definition) is 1. The molecule has 2 heterocycles. The van der Waals surface area contributed by atoms with E-state index < -0.39 is 12.0 Å². The quantitative estimate of drug-likeness (QED) is 0.627. The molecule has 31 heavy (non-hydrogen) atoms. The number of methoxy groups -OCH3 is 2. The van der Waals surface area contributed by atoms with Crippen molar-refractivity contribution in [1.82, 2.24) is 15.1 Å². The fourth-order valence-electron chi connectivity index (χ4n) is 3.87. The summed E-state index contributed by atoms with van der Waals surface area (Å²) in [7, 11) is 3.12. The summed E-state index contributed by atoms with van der Waals surface area (Å²) >= 11 is 0. The second-order valence-corrected chi connectivity index (χ2v) is 7.24. The van der Waals surface area contributed by atoms with Gasteiger partial charge in [0, 0.05) is 37.9 Å². The maximum absolute atomic E-state index is 13.1. The highest BCUT2D eigenvalue weighted by Crippen LogP contribution is 2.35. The SMILES string of the molecule is CCOC(=O)C1=C(CN2CCOCC2)N(CC)C(=O)NC1c1cc(OC)cc(OC)c1. The minimum absolute atomic E-state index is 0.237. The second kappa shape index (κ2) is 10.5. The van der Waals surface area contributed by atoms with Gasteiger partial charge in [0.25, 0.3) is 0 Å². The van der Waals surface area contributed by atoms with Crippen molar-refractivity contribution in [2.24, 2.45) is 0 Å². The molecule has 0 bridgehead atoms. The van der Waals surface area contributed by atoms with E-state index in [0.717, 1.165) is 13.1 Å². The van der Waals surface area contributed by atoms with Gasteiger partial charge in [-0.3, -0.25) is 9.80 Å². The molecule has 1 aromatic carbocycles. The highest BCUT2D eigenvalue weighted by Gasteiger charge is 2.38. The van der Waals surface area contributed by atoms with Crippen LogP contribution in [0.5, 0.6) is 11.5 Å². The molecule has 1 saturated heterocycles. The van der Waals surface area contributed by atoms with Gasteiger partial charge in [0.15, 0.2) is 0 Å². The van der Waals surface area contributed by atoms with E-state index in [0.29, 0.717) is 54.6 Å². The summed E-state index contributed by atoms with van der Waals surface area (Å²) in [6, 6.07) is 4.39. The Morgan fingerprint density at radius 3 is 2.32 bits per heavy atom. The van der Waals surface area contributed by atoms with Crippen molar-refractivity contribution in [2.45, 2.75) is 19.9 Å². The van der Waals surface area contributed by atoms with Gasteiger partial charge in [-0.25, -0.2) is 9.59 Å². The number of morpholine rings is 1. The van der Waals surface area contributed by atoms with E-state index >= 15 is 0 Å². The summed E-state index contributed by atoms with van der Waals surface area (Å²) in [6.45, 7) is 7.49. The van der Waals surface area contributed by atoms with Gasteiger partial charge in [-0.15, -0.1) is 0 Å². The number of carbonyl (C=O) groups is 2. The third kappa shape index (κ3) is 5.11. The first-order valence-electron chi connectivity index (χ1n) is 10.5. The number of amides is 2. The summed E-state index contributed by atoms with van der Waals surface area (Å²) in [4.78, 5) is 30.0. The number of esters is 1. The summed E-state index contributed by atoms with van der Waals surface area (Å²) in [6.07, 6.45) is 0. The Labute approximate surface area is 182 Å². The van der Waals surface area contributed by atoms with Crippen molar-refractivity contribution in [3.05, 3.63) is 35.0 Å². The molecule has 2 amide bonds. The zero-order valence-corrected chi connectivity index (χ0v) is 18.6. The third-order valence-electron chi connectivity index (χ3n) is 5.43. The number of nitrogens with one attached hydrogen (secondary N) is 1. The number of urea groups is 1. The average molecular weight is 434 g/mol. The molecule has 2 aliphatic heterocycles. The lowest BCUT2D eigenvalue weighted by Gasteiger charge is -2.39. The largest absolute Gasteiger partial charge is 0.497 e. The van der Waals surface area contributed by atoms with Crippen LogP contribution in [0, 0.1) is 0 Å². The van der Waals surface area contributed by atoms with Crippen LogP contribution >= 0.6 is 0 Å². The summed E-state index contributed by atoms with van der Waals surface area (Å²) in [5.74, 6) is 0.690. The molecule has 1 N–H and O–H groups in total. The maximum Gasteiger partial charge on any atom is 0.338 e. The Balaban J connectivity index is 2.12. The molecule has 1 aromatic rings. The molecular formula is C22H31N3O6. The molecule has 9 nitrogen and oxygen atoms in total. The molecule has 3 rings (SSSR count). The Kier molecular flexibility index (Phi) is 7.75. The fourth-order valence-corrected chi connectivity index (χ4v) is 3.87. The van der Waals surface area contributed by atoms with Gasteiger partial charge in [0.2, 0.25) is 0 Å². The number of likely N-dealkylation sites (N-methyl/N-ethyl adjacent to an activating group) is 1. The van der Waals surface area contributed by atoms with Crippen LogP contribution in [-0.2, 0) is 14.3 Å². The van der Waals surface area contributed by atoms with Crippen LogP contribution in [0.1, 0.15) is 25.5 Å². The smallest absolute Gasteiger partial charge is 0.338 e. The number of ether oxygens (including phenoxy) is 4. The van der Waals surface area contributed by atoms with E-state index in [4.69, 9.17) is 18.9 Å². The van der Waals surface area contributed by atoms with Crippen molar-refractivity contribution >= 4 is 12.0 Å². The van der Waals surface area contributed by atoms with E-state index in [1.807, 2.05) is 6.92 Å². The fraction of sp³-hybridized carbons (Fsp3) is 0.545. The van der Waals surface area contributed by atoms with Gasteiger partial charge < -0.3 is 24.3 Å². The van der Waals surface area contributed by atoms with Crippen molar-refractivity contribution in [2.75, 3.05) is 60.2 Å². The normalized spacial score (nSPS) is 19.8. The summed E-state index contributed by atoms with van der Waals surface area (Å²) < 4.78 is 21.6. The van der Waals surface area contributed by atoms with E-state index in [9.17, 15) is 9.59 Å². The van der Waals surface area contributed by atoms with E-state index in [1.165, 1.54) is 0 Å². The molecule has 170 valence electrons. The predicted octanol–water partition coefficient (Wildman–Crippen LogP) is 1.94. The molecule has 2 aliphatic rings. The number of nitrogens with zero attached hydrogens (tertiary/aromatic N) is 2. The standard InChI is InChI=1S/C22H31N3O6/c1-5-25-18(14-24-7-9-30-10-8-24)19(21(26)31-6-2)20(23-22(25)27)15-11-16(28-3)13-17(12-15)29-4/h11-13,20H,5-10,14H2,1-4H3,(H,23,27). The van der Waals surface area contributed by atoms with Gasteiger partial charge >= 0.3 is 12.0 Å². The first kappa shape index (κ1) is 22.9. The Morgan fingerprint density at radius 2 is 1.77 bits per heavy atom. The van der Waals surface area contributed by atoms with Crippen molar-refractivity contribution in [3.63, 3.8) is 0 Å². The topological polar surface area (TPSA) is 89.6 Å². The Bertz CT molecular complexity index is 812. The lowest BCUT2D eigenvalue weighted by Crippen LogP contribution is -2.51. The zero-order chi connectivity index (χ0) is 22.4. The lowest BCUT2D eigenvalue weighted by atomic mass is 9.93. The van der Waals surface area contributed by atoms with E-state index in [-0.39, 0.29) is 12.6 Å². The van der Waals surface area contributed by atoms with Crippen LogP contribution in [0.3, 0.4) is 0 Å². The van der Waals surface area contributed by atoms with Crippen molar-refractivity contribution in [3.8, 4) is 11.5 Å². The van der Waals surface area contributed by atoms with Crippen molar-refractivity contribution in [1.29, 1.82) is 0 Å². The molecular weight excluding hydrogens is 402 g/mol. The molecule has 0 radical (unpaired) electrons. The van der Waals surface area contributed by atoms with Crippen LogP contribution in [0.2, 0.25) is 0 Å². The predicted molar refractivity (Wildman–Crippen MR) is 114 cm³/mol. The van der Waals surface area contributed by atoms with Crippen LogP contribution in [0.4, 0.5) is 4.79 Å². The molecule has 1 fully saturated rings. The van der Waals surface area contributed by atoms with Crippen LogP contribution < -0.4 is 14.8 Å². The number of benzene rings is 1. The van der Waals surface area contributed by atoms with Gasteiger partial charge in [-0.2, -0.15) is 0 Å². The monoisotopic (exact) mass is 433 g/mol. The second-order valence-electron chi connectivity index (χ2n) is 7.24. The zero-order valence-electron chi connectivity index (χ0n) is 18.6. The highest BCUT2D eigenvalue weighted by molar-refractivity contribution is 5.95. The molecule has 0 aromatic heterocycles. The van der Waals surface area contributed by atoms with Crippen LogP contribution in [0.15, 0.2) is 29.5 Å². The van der Waals surface area contributed by atoms with E-state index in [2.05, 4.69) is 10.2 Å². The highest BCUT2D eigenvalue weighted by atomic mass is 16.5. The maximum atomic E-state index is 13.1. The first-order chi connectivity index (χ1) is 15.0. The molecule has 1 atom stereocenters. The van der Waals surface area contributed by atoms with Crippen LogP contribution in [-0.4, -0.2) is 82.0 Å². The average Bonchev–Trinajstić information content (AvgIpc) is 2.79. The van der Waals surface area contributed by atoms with Gasteiger partial charge in [0.05, 0.1) is 45.7 Å². The molecule has 9 heteroatoms. The summed E-state index contributed by atoms with van der Waals surface area (Å²) in [5, 5.41) is 2.97. The van der Waals surface area contributed by atoms with Gasteiger partial charge in [-0.1, -0.05) is 0 Å². The van der Waals surface area contributed by atoms with Crippen molar-refractivity contribution < 1.29 is 28.5 Å². The Hall–Kier alpha value is -2.78. The third-order valence-corrected chi connectivity index (χ3v) is 5.43. The minimum atomic E-state index is -0.686. The van der Waals surface area contributed by atoms with E-state index in [1.54, 1.807) is 44.2 Å². The number of carbonyl (C=O) groups excluding carboxylic acids is 2.